The lowest BCUT2D eigenvalue weighted by Gasteiger charge is -2.39. The molecular formula is C33H44N4O2S. The molecule has 1 unspecified atom stereocenters. The van der Waals surface area contributed by atoms with Gasteiger partial charge in [0.15, 0.2) is 0 Å². The number of hydrogen-bond acceptors (Lipinski definition) is 6. The summed E-state index contributed by atoms with van der Waals surface area (Å²) in [5, 5.41) is 0. The van der Waals surface area contributed by atoms with Gasteiger partial charge in [0.05, 0.1) is 12.1 Å². The molecule has 0 N–H and O–H groups in total. The molecule has 0 saturated carbocycles. The van der Waals surface area contributed by atoms with Crippen LogP contribution < -0.4 is 4.74 Å². The Morgan fingerprint density at radius 1 is 1.10 bits per heavy atom. The zero-order valence-electron chi connectivity index (χ0n) is 25.0. The van der Waals surface area contributed by atoms with E-state index < -0.39 is 0 Å². The highest BCUT2D eigenvalue weighted by molar-refractivity contribution is 7.12. The van der Waals surface area contributed by atoms with Gasteiger partial charge in [-0.25, -0.2) is 4.98 Å². The van der Waals surface area contributed by atoms with Crippen molar-refractivity contribution in [2.24, 2.45) is 0 Å². The van der Waals surface area contributed by atoms with Crippen LogP contribution in [0.5, 0.6) is 5.88 Å². The Kier molecular flexibility index (Phi) is 8.93. The molecule has 0 aliphatic carbocycles. The summed E-state index contributed by atoms with van der Waals surface area (Å²) in [6.07, 6.45) is 4.39. The molecule has 2 aliphatic heterocycles. The Bertz CT molecular complexity index is 1330. The van der Waals surface area contributed by atoms with Crippen LogP contribution in [0.25, 0.3) is 0 Å². The minimum Gasteiger partial charge on any atom is -0.473 e. The number of thiophene rings is 1. The summed E-state index contributed by atoms with van der Waals surface area (Å²) in [5.74, 6) is 0.784. The third kappa shape index (κ3) is 5.97. The molecule has 5 rings (SSSR count). The fourth-order valence-electron chi connectivity index (χ4n) is 6.39. The minimum absolute atomic E-state index is 0.149. The van der Waals surface area contributed by atoms with Crippen molar-refractivity contribution in [2.75, 3.05) is 33.7 Å². The Hall–Kier alpha value is -2.74. The van der Waals surface area contributed by atoms with Crippen molar-refractivity contribution >= 4 is 17.2 Å². The number of hydrogen-bond donors (Lipinski definition) is 0. The highest BCUT2D eigenvalue weighted by Crippen LogP contribution is 2.41. The number of rotatable bonds is 9. The van der Waals surface area contributed by atoms with Crippen molar-refractivity contribution in [1.82, 2.24) is 19.7 Å². The second kappa shape index (κ2) is 12.4. The second-order valence-corrected chi connectivity index (χ2v) is 12.8. The molecule has 2 aliphatic rings. The van der Waals surface area contributed by atoms with Crippen molar-refractivity contribution in [1.29, 1.82) is 0 Å². The van der Waals surface area contributed by atoms with Crippen LogP contribution >= 0.6 is 11.3 Å². The van der Waals surface area contributed by atoms with E-state index in [1.165, 1.54) is 28.2 Å². The minimum atomic E-state index is 0.149. The van der Waals surface area contributed by atoms with Gasteiger partial charge in [-0.2, -0.15) is 0 Å². The van der Waals surface area contributed by atoms with E-state index in [1.807, 2.05) is 41.4 Å². The summed E-state index contributed by atoms with van der Waals surface area (Å²) in [5.41, 5.74) is 6.28. The van der Waals surface area contributed by atoms with Gasteiger partial charge in [0.2, 0.25) is 5.88 Å². The Balaban J connectivity index is 1.35. The molecule has 1 atom stereocenters. The monoisotopic (exact) mass is 560 g/mol. The molecule has 214 valence electrons. The SMILES string of the molecule is CCC(c1sc2c(c1C)C(=O)N(Cc1c(C)cc(C)nc1OCc1ccccc1)CC2)N1CCC(N(C)C)CC1. The van der Waals surface area contributed by atoms with Crippen LogP contribution in [0.2, 0.25) is 0 Å². The molecule has 0 spiro atoms. The summed E-state index contributed by atoms with van der Waals surface area (Å²) in [7, 11) is 4.39. The van der Waals surface area contributed by atoms with Crippen LogP contribution in [-0.2, 0) is 19.6 Å². The molecule has 1 amide bonds. The van der Waals surface area contributed by atoms with E-state index in [0.717, 1.165) is 60.4 Å². The average Bonchev–Trinajstić information content (AvgIpc) is 3.28. The fraction of sp³-hybridized carbons (Fsp3) is 0.515. The Morgan fingerprint density at radius 2 is 1.82 bits per heavy atom. The number of nitrogens with zero attached hydrogens (tertiary/aromatic N) is 4. The quantitative estimate of drug-likeness (QED) is 0.306. The van der Waals surface area contributed by atoms with Gasteiger partial charge in [0.25, 0.3) is 5.91 Å². The molecule has 4 heterocycles. The molecule has 1 fully saturated rings. The van der Waals surface area contributed by atoms with Crippen molar-refractivity contribution in [3.63, 3.8) is 0 Å². The molecular weight excluding hydrogens is 516 g/mol. The van der Waals surface area contributed by atoms with Gasteiger partial charge in [-0.1, -0.05) is 37.3 Å². The smallest absolute Gasteiger partial charge is 0.255 e. The number of carbonyl (C=O) groups excluding carboxylic acids is 1. The van der Waals surface area contributed by atoms with E-state index in [4.69, 9.17) is 9.72 Å². The van der Waals surface area contributed by atoms with Gasteiger partial charge in [0.1, 0.15) is 6.61 Å². The maximum Gasteiger partial charge on any atom is 0.255 e. The van der Waals surface area contributed by atoms with Crippen LogP contribution in [-0.4, -0.2) is 65.4 Å². The van der Waals surface area contributed by atoms with E-state index in [9.17, 15) is 4.79 Å². The second-order valence-electron chi connectivity index (χ2n) is 11.7. The molecule has 3 aromatic rings. The molecule has 1 aromatic carbocycles. The predicted molar refractivity (Wildman–Crippen MR) is 163 cm³/mol. The van der Waals surface area contributed by atoms with Gasteiger partial charge in [-0.05, 0) is 76.9 Å². The molecule has 0 radical (unpaired) electrons. The van der Waals surface area contributed by atoms with Crippen LogP contribution in [0.4, 0.5) is 0 Å². The van der Waals surface area contributed by atoms with E-state index >= 15 is 0 Å². The molecule has 6 nitrogen and oxygen atoms in total. The van der Waals surface area contributed by atoms with E-state index in [2.05, 4.69) is 62.9 Å². The molecule has 0 bridgehead atoms. The van der Waals surface area contributed by atoms with Gasteiger partial charge in [-0.15, -0.1) is 11.3 Å². The standard InChI is InChI=1S/C33H44N4O2S/c1-7-28(36-16-13-26(14-17-36)35(5)6)31-24(4)30-29(40-31)15-18-37(33(30)38)20-27-22(2)19-23(3)34-32(27)39-21-25-11-9-8-10-12-25/h8-12,19,26,28H,7,13-18,20-21H2,1-6H3. The van der Waals surface area contributed by atoms with Crippen LogP contribution in [0.15, 0.2) is 36.4 Å². The van der Waals surface area contributed by atoms with Crippen molar-refractivity contribution in [3.8, 4) is 5.88 Å². The lowest BCUT2D eigenvalue weighted by molar-refractivity contribution is 0.0725. The predicted octanol–water partition coefficient (Wildman–Crippen LogP) is 6.32. The zero-order chi connectivity index (χ0) is 28.4. The van der Waals surface area contributed by atoms with E-state index in [-0.39, 0.29) is 5.91 Å². The number of piperidine rings is 1. The van der Waals surface area contributed by atoms with Gasteiger partial charge < -0.3 is 14.5 Å². The number of fused-ring (bicyclic) bond motifs is 1. The first-order valence-electron chi connectivity index (χ1n) is 14.7. The molecule has 40 heavy (non-hydrogen) atoms. The number of benzene rings is 1. The van der Waals surface area contributed by atoms with Gasteiger partial charge >= 0.3 is 0 Å². The summed E-state index contributed by atoms with van der Waals surface area (Å²) < 4.78 is 6.24. The van der Waals surface area contributed by atoms with Crippen molar-refractivity contribution in [2.45, 2.75) is 78.6 Å². The van der Waals surface area contributed by atoms with Crippen LogP contribution in [0.1, 0.15) is 80.3 Å². The maximum absolute atomic E-state index is 14.0. The maximum atomic E-state index is 14.0. The molecule has 7 heteroatoms. The number of ether oxygens (including phenoxy) is 1. The number of aryl methyl sites for hydroxylation is 2. The van der Waals surface area contributed by atoms with E-state index in [0.29, 0.717) is 31.1 Å². The summed E-state index contributed by atoms with van der Waals surface area (Å²) in [6, 6.07) is 13.3. The highest BCUT2D eigenvalue weighted by atomic mass is 32.1. The number of likely N-dealkylation sites (tertiary alicyclic amines) is 1. The third-order valence-electron chi connectivity index (χ3n) is 8.73. The molecule has 2 aromatic heterocycles. The average molecular weight is 561 g/mol. The highest BCUT2D eigenvalue weighted by Gasteiger charge is 2.34. The Labute approximate surface area is 244 Å². The van der Waals surface area contributed by atoms with Crippen molar-refractivity contribution < 1.29 is 9.53 Å². The lowest BCUT2D eigenvalue weighted by atomic mass is 9.96. The number of pyridine rings is 1. The third-order valence-corrected chi connectivity index (χ3v) is 10.2. The zero-order valence-corrected chi connectivity index (χ0v) is 25.8. The number of aromatic nitrogens is 1. The summed E-state index contributed by atoms with van der Waals surface area (Å²) in [6.45, 7) is 12.5. The topological polar surface area (TPSA) is 48.9 Å². The molecule has 1 saturated heterocycles. The van der Waals surface area contributed by atoms with Gasteiger partial charge in [0, 0.05) is 59.2 Å². The van der Waals surface area contributed by atoms with Gasteiger partial charge in [-0.3, -0.25) is 9.69 Å². The summed E-state index contributed by atoms with van der Waals surface area (Å²) in [4.78, 5) is 28.4. The van der Waals surface area contributed by atoms with E-state index in [1.54, 1.807) is 0 Å². The fourth-order valence-corrected chi connectivity index (χ4v) is 7.90. The first-order chi connectivity index (χ1) is 19.3. The first kappa shape index (κ1) is 28.8. The lowest BCUT2D eigenvalue weighted by Crippen LogP contribution is -2.43. The normalized spacial score (nSPS) is 17.4. The van der Waals surface area contributed by atoms with Crippen LogP contribution in [0.3, 0.4) is 0 Å². The van der Waals surface area contributed by atoms with Crippen LogP contribution in [0, 0.1) is 20.8 Å². The number of carbonyl (C=O) groups is 1. The largest absolute Gasteiger partial charge is 0.473 e. The number of amides is 1. The van der Waals surface area contributed by atoms with Crippen molar-refractivity contribution in [3.05, 3.63) is 79.7 Å². The Morgan fingerprint density at radius 3 is 2.50 bits per heavy atom. The summed E-state index contributed by atoms with van der Waals surface area (Å²) >= 11 is 1.88. The first-order valence-corrected chi connectivity index (χ1v) is 15.5.